The number of nitrogens with two attached hydrogens (primary N) is 1. The number of amides is 1. The molecule has 1 unspecified atom stereocenters. The number of aryl methyl sites for hydroxylation is 1. The van der Waals surface area contributed by atoms with Gasteiger partial charge in [0.2, 0.25) is 10.0 Å². The van der Waals surface area contributed by atoms with Crippen LogP contribution >= 0.6 is 12.4 Å². The number of carbonyl (C=O) groups is 1. The number of nitrogens with zero attached hydrogens (tertiary/aromatic N) is 1. The van der Waals surface area contributed by atoms with Gasteiger partial charge in [0.05, 0.1) is 17.5 Å². The van der Waals surface area contributed by atoms with Crippen LogP contribution in [-0.2, 0) is 10.0 Å². The fraction of sp³-hybridized carbons (Fsp3) is 0.562. The molecule has 24 heavy (non-hydrogen) atoms. The molecular weight excluding hydrogens is 350 g/mol. The highest BCUT2D eigenvalue weighted by atomic mass is 35.5. The molecule has 0 radical (unpaired) electrons. The molecule has 0 bridgehead atoms. The summed E-state index contributed by atoms with van der Waals surface area (Å²) in [4.78, 5) is 14.2. The van der Waals surface area contributed by atoms with E-state index in [1.807, 2.05) is 20.8 Å². The highest BCUT2D eigenvalue weighted by Gasteiger charge is 2.19. The monoisotopic (exact) mass is 377 g/mol. The van der Waals surface area contributed by atoms with Gasteiger partial charge in [0.15, 0.2) is 0 Å². The highest BCUT2D eigenvalue weighted by molar-refractivity contribution is 7.92. The summed E-state index contributed by atoms with van der Waals surface area (Å²) in [5.74, 6) is 0.121. The molecule has 0 aliphatic heterocycles. The molecule has 1 atom stereocenters. The average Bonchev–Trinajstić information content (AvgIpc) is 2.43. The molecule has 1 amide bonds. The van der Waals surface area contributed by atoms with Crippen LogP contribution in [0.1, 0.15) is 36.2 Å². The Morgan fingerprint density at radius 1 is 1.33 bits per heavy atom. The minimum Gasteiger partial charge on any atom is -0.342 e. The molecule has 0 heterocycles. The number of hydrogen-bond acceptors (Lipinski definition) is 4. The van der Waals surface area contributed by atoms with E-state index in [0.29, 0.717) is 30.1 Å². The number of hydrogen-bond donors (Lipinski definition) is 2. The van der Waals surface area contributed by atoms with E-state index in [1.165, 1.54) is 0 Å². The van der Waals surface area contributed by atoms with Crippen LogP contribution in [-0.4, -0.2) is 45.1 Å². The molecule has 0 saturated heterocycles. The van der Waals surface area contributed by atoms with Gasteiger partial charge in [-0.25, -0.2) is 8.42 Å². The standard InChI is InChI=1S/C16H27N3O3S.ClH/c1-11(2)14(17)8-9-19(4)16(20)13-10-12(3)6-7-15(13)18-23(5,21)22;/h6-7,10-11,14,18H,8-9,17H2,1-5H3;1H. The molecule has 1 aromatic carbocycles. The molecule has 0 aliphatic carbocycles. The third kappa shape index (κ3) is 7.07. The summed E-state index contributed by atoms with van der Waals surface area (Å²) in [5, 5.41) is 0. The van der Waals surface area contributed by atoms with Gasteiger partial charge in [0, 0.05) is 19.6 Å². The Balaban J connectivity index is 0.00000529. The third-order valence-corrected chi connectivity index (χ3v) is 4.29. The maximum absolute atomic E-state index is 12.6. The summed E-state index contributed by atoms with van der Waals surface area (Å²) in [6, 6.07) is 5.08. The zero-order valence-corrected chi connectivity index (χ0v) is 16.5. The van der Waals surface area contributed by atoms with E-state index in [4.69, 9.17) is 5.73 Å². The highest BCUT2D eigenvalue weighted by Crippen LogP contribution is 2.20. The Bertz CT molecular complexity index is 663. The predicted octanol–water partition coefficient (Wildman–Crippen LogP) is 2.23. The van der Waals surface area contributed by atoms with Crippen molar-refractivity contribution in [2.75, 3.05) is 24.6 Å². The largest absolute Gasteiger partial charge is 0.342 e. The van der Waals surface area contributed by atoms with Gasteiger partial charge in [-0.15, -0.1) is 12.4 Å². The van der Waals surface area contributed by atoms with Crippen LogP contribution in [0.25, 0.3) is 0 Å². The lowest BCUT2D eigenvalue weighted by atomic mass is 10.0. The van der Waals surface area contributed by atoms with Crippen molar-refractivity contribution < 1.29 is 13.2 Å². The van der Waals surface area contributed by atoms with Crippen molar-refractivity contribution in [3.05, 3.63) is 29.3 Å². The SMILES string of the molecule is Cc1ccc(NS(C)(=O)=O)c(C(=O)N(C)CCC(N)C(C)C)c1.Cl. The molecule has 0 fully saturated rings. The van der Waals surface area contributed by atoms with Gasteiger partial charge in [-0.2, -0.15) is 0 Å². The van der Waals surface area contributed by atoms with Crippen LogP contribution in [0.2, 0.25) is 0 Å². The normalized spacial score (nSPS) is 12.5. The second-order valence-electron chi connectivity index (χ2n) is 6.35. The molecule has 0 spiro atoms. The van der Waals surface area contributed by atoms with Crippen LogP contribution < -0.4 is 10.5 Å². The predicted molar refractivity (Wildman–Crippen MR) is 101 cm³/mol. The molecule has 138 valence electrons. The lowest BCUT2D eigenvalue weighted by Gasteiger charge is -2.23. The van der Waals surface area contributed by atoms with E-state index in [0.717, 1.165) is 11.8 Å². The van der Waals surface area contributed by atoms with Crippen LogP contribution in [0.4, 0.5) is 5.69 Å². The summed E-state index contributed by atoms with van der Waals surface area (Å²) < 4.78 is 25.3. The van der Waals surface area contributed by atoms with Gasteiger partial charge in [-0.1, -0.05) is 25.5 Å². The number of carbonyl (C=O) groups excluding carboxylic acids is 1. The molecule has 3 N–H and O–H groups in total. The van der Waals surface area contributed by atoms with Crippen molar-refractivity contribution in [2.24, 2.45) is 11.7 Å². The Morgan fingerprint density at radius 2 is 1.92 bits per heavy atom. The van der Waals surface area contributed by atoms with Crippen molar-refractivity contribution >= 4 is 34.0 Å². The van der Waals surface area contributed by atoms with Crippen LogP contribution in [0.5, 0.6) is 0 Å². The summed E-state index contributed by atoms with van der Waals surface area (Å²) >= 11 is 0. The number of halogens is 1. The topological polar surface area (TPSA) is 92.5 Å². The van der Waals surface area contributed by atoms with Crippen molar-refractivity contribution in [3.8, 4) is 0 Å². The van der Waals surface area contributed by atoms with Gasteiger partial charge >= 0.3 is 0 Å². The van der Waals surface area contributed by atoms with Crippen molar-refractivity contribution in [1.29, 1.82) is 0 Å². The Labute approximate surface area is 151 Å². The summed E-state index contributed by atoms with van der Waals surface area (Å²) in [6.07, 6.45) is 1.76. The van der Waals surface area contributed by atoms with Crippen LogP contribution in [0.15, 0.2) is 18.2 Å². The summed E-state index contributed by atoms with van der Waals surface area (Å²) in [5.41, 5.74) is 7.54. The van der Waals surface area contributed by atoms with Gasteiger partial charge in [-0.3, -0.25) is 9.52 Å². The third-order valence-electron chi connectivity index (χ3n) is 3.70. The van der Waals surface area contributed by atoms with E-state index < -0.39 is 10.0 Å². The van der Waals surface area contributed by atoms with Crippen LogP contribution in [0.3, 0.4) is 0 Å². The van der Waals surface area contributed by atoms with Gasteiger partial charge in [0.25, 0.3) is 5.91 Å². The average molecular weight is 378 g/mol. The number of sulfonamides is 1. The number of benzene rings is 1. The van der Waals surface area contributed by atoms with E-state index in [2.05, 4.69) is 4.72 Å². The molecule has 8 heteroatoms. The first-order chi connectivity index (χ1) is 10.5. The fourth-order valence-corrected chi connectivity index (χ4v) is 2.68. The first-order valence-electron chi connectivity index (χ1n) is 7.60. The zero-order chi connectivity index (χ0) is 17.8. The maximum Gasteiger partial charge on any atom is 0.255 e. The van der Waals surface area contributed by atoms with Gasteiger partial charge in [-0.05, 0) is 31.4 Å². The number of anilines is 1. The lowest BCUT2D eigenvalue weighted by molar-refractivity contribution is 0.0790. The van der Waals surface area contributed by atoms with Crippen molar-refractivity contribution in [1.82, 2.24) is 4.90 Å². The smallest absolute Gasteiger partial charge is 0.255 e. The molecule has 0 saturated carbocycles. The first kappa shape index (κ1) is 22.7. The van der Waals surface area contributed by atoms with E-state index in [9.17, 15) is 13.2 Å². The first-order valence-corrected chi connectivity index (χ1v) is 9.50. The number of rotatable bonds is 7. The molecule has 1 aromatic rings. The Kier molecular flexibility index (Phi) is 8.74. The summed E-state index contributed by atoms with van der Waals surface area (Å²) in [6.45, 7) is 6.46. The number of nitrogens with one attached hydrogen (secondary N) is 1. The lowest BCUT2D eigenvalue weighted by Crippen LogP contribution is -2.35. The fourth-order valence-electron chi connectivity index (χ4n) is 2.11. The zero-order valence-electron chi connectivity index (χ0n) is 14.9. The molecule has 6 nitrogen and oxygen atoms in total. The summed E-state index contributed by atoms with van der Waals surface area (Å²) in [7, 11) is -1.75. The van der Waals surface area contributed by atoms with E-state index in [1.54, 1.807) is 30.1 Å². The quantitative estimate of drug-likeness (QED) is 0.762. The molecular formula is C16H28ClN3O3S. The second-order valence-corrected chi connectivity index (χ2v) is 8.09. The Hall–Kier alpha value is -1.31. The maximum atomic E-state index is 12.6. The molecule has 1 rings (SSSR count). The van der Waals surface area contributed by atoms with Crippen molar-refractivity contribution in [3.63, 3.8) is 0 Å². The van der Waals surface area contributed by atoms with Gasteiger partial charge < -0.3 is 10.6 Å². The van der Waals surface area contributed by atoms with Crippen LogP contribution in [0, 0.1) is 12.8 Å². The Morgan fingerprint density at radius 3 is 2.42 bits per heavy atom. The van der Waals surface area contributed by atoms with E-state index >= 15 is 0 Å². The van der Waals surface area contributed by atoms with Crippen molar-refractivity contribution in [2.45, 2.75) is 33.2 Å². The minimum absolute atomic E-state index is 0. The van der Waals surface area contributed by atoms with E-state index in [-0.39, 0.29) is 24.4 Å². The van der Waals surface area contributed by atoms with Gasteiger partial charge in [0.1, 0.15) is 0 Å². The molecule has 0 aliphatic rings. The minimum atomic E-state index is -3.45. The molecule has 0 aromatic heterocycles. The second kappa shape index (κ2) is 9.25.